The van der Waals surface area contributed by atoms with E-state index in [-0.39, 0.29) is 0 Å². The van der Waals surface area contributed by atoms with Gasteiger partial charge in [-0.25, -0.2) is 4.98 Å². The van der Waals surface area contributed by atoms with Crippen LogP contribution in [0.5, 0.6) is 0 Å². The second-order valence-corrected chi connectivity index (χ2v) is 5.23. The van der Waals surface area contributed by atoms with Gasteiger partial charge in [-0.05, 0) is 51.8 Å². The maximum Gasteiger partial charge on any atom is 0.128 e. The average Bonchev–Trinajstić information content (AvgIpc) is 2.80. The summed E-state index contributed by atoms with van der Waals surface area (Å²) in [6.45, 7) is 8.77. The van der Waals surface area contributed by atoms with Crippen molar-refractivity contribution in [1.29, 1.82) is 0 Å². The molecule has 0 saturated carbocycles. The van der Waals surface area contributed by atoms with Crippen LogP contribution in [0.15, 0.2) is 18.3 Å². The molecular formula is C14H23N3. The van der Waals surface area contributed by atoms with Gasteiger partial charge in [0.25, 0.3) is 0 Å². The summed E-state index contributed by atoms with van der Waals surface area (Å²) in [7, 11) is 0. The highest BCUT2D eigenvalue weighted by Crippen LogP contribution is 2.17. The lowest BCUT2D eigenvalue weighted by atomic mass is 10.2. The standard InChI is InChI=1S/C14H23N3/c1-11(2)17(10-13-5-4-8-15-13)14-7-6-12(3)9-16-14/h6-7,9,11,13,15H,4-5,8,10H2,1-3H3. The van der Waals surface area contributed by atoms with Crippen LogP contribution in [0.1, 0.15) is 32.3 Å². The first-order valence-corrected chi connectivity index (χ1v) is 6.59. The van der Waals surface area contributed by atoms with Gasteiger partial charge in [-0.1, -0.05) is 6.07 Å². The van der Waals surface area contributed by atoms with Crippen LogP contribution in [-0.2, 0) is 0 Å². The molecule has 0 spiro atoms. The van der Waals surface area contributed by atoms with E-state index in [2.05, 4.69) is 48.1 Å². The Labute approximate surface area is 104 Å². The smallest absolute Gasteiger partial charge is 0.128 e. The van der Waals surface area contributed by atoms with E-state index in [0.29, 0.717) is 12.1 Å². The molecule has 1 aliphatic heterocycles. The van der Waals surface area contributed by atoms with Gasteiger partial charge in [0.1, 0.15) is 5.82 Å². The molecule has 1 aromatic rings. The number of hydrogen-bond donors (Lipinski definition) is 1. The SMILES string of the molecule is Cc1ccc(N(CC2CCCN2)C(C)C)nc1. The fourth-order valence-corrected chi connectivity index (χ4v) is 2.35. The van der Waals surface area contributed by atoms with E-state index in [1.54, 1.807) is 0 Å². The van der Waals surface area contributed by atoms with Crippen molar-refractivity contribution in [1.82, 2.24) is 10.3 Å². The molecule has 3 heteroatoms. The third-order valence-electron chi connectivity index (χ3n) is 3.39. The lowest BCUT2D eigenvalue weighted by Crippen LogP contribution is -2.41. The van der Waals surface area contributed by atoms with Crippen LogP contribution >= 0.6 is 0 Å². The molecule has 1 saturated heterocycles. The molecule has 0 amide bonds. The number of aromatic nitrogens is 1. The van der Waals surface area contributed by atoms with Crippen LogP contribution in [0.2, 0.25) is 0 Å². The first kappa shape index (κ1) is 12.4. The fourth-order valence-electron chi connectivity index (χ4n) is 2.35. The number of hydrogen-bond acceptors (Lipinski definition) is 3. The van der Waals surface area contributed by atoms with Crippen LogP contribution in [0.4, 0.5) is 5.82 Å². The van der Waals surface area contributed by atoms with Gasteiger partial charge in [0.15, 0.2) is 0 Å². The Hall–Kier alpha value is -1.09. The van der Waals surface area contributed by atoms with Crippen molar-refractivity contribution in [2.45, 2.75) is 45.7 Å². The Morgan fingerprint density at radius 1 is 1.47 bits per heavy atom. The Kier molecular flexibility index (Phi) is 4.00. The van der Waals surface area contributed by atoms with Crippen LogP contribution in [0.25, 0.3) is 0 Å². The molecule has 1 unspecified atom stereocenters. The van der Waals surface area contributed by atoms with Crippen LogP contribution in [-0.4, -0.2) is 30.2 Å². The quantitative estimate of drug-likeness (QED) is 0.865. The van der Waals surface area contributed by atoms with Gasteiger partial charge in [-0.3, -0.25) is 0 Å². The number of rotatable bonds is 4. The normalized spacial score (nSPS) is 19.9. The number of aryl methyl sites for hydroxylation is 1. The second kappa shape index (κ2) is 5.50. The van der Waals surface area contributed by atoms with E-state index in [1.165, 1.54) is 18.4 Å². The third kappa shape index (κ3) is 3.19. The zero-order valence-electron chi connectivity index (χ0n) is 11.1. The van der Waals surface area contributed by atoms with Crippen molar-refractivity contribution in [3.63, 3.8) is 0 Å². The maximum absolute atomic E-state index is 4.54. The zero-order chi connectivity index (χ0) is 12.3. The zero-order valence-corrected chi connectivity index (χ0v) is 11.1. The molecule has 1 atom stereocenters. The molecule has 2 rings (SSSR count). The largest absolute Gasteiger partial charge is 0.353 e. The average molecular weight is 233 g/mol. The lowest BCUT2D eigenvalue weighted by Gasteiger charge is -2.30. The summed E-state index contributed by atoms with van der Waals surface area (Å²) < 4.78 is 0. The highest BCUT2D eigenvalue weighted by molar-refractivity contribution is 5.40. The minimum atomic E-state index is 0.493. The van der Waals surface area contributed by atoms with Crippen molar-refractivity contribution in [3.05, 3.63) is 23.9 Å². The predicted molar refractivity (Wildman–Crippen MR) is 72.5 cm³/mol. The molecule has 94 valence electrons. The highest BCUT2D eigenvalue weighted by atomic mass is 15.2. The Balaban J connectivity index is 2.08. The lowest BCUT2D eigenvalue weighted by molar-refractivity contribution is 0.549. The topological polar surface area (TPSA) is 28.2 Å². The molecule has 3 nitrogen and oxygen atoms in total. The van der Waals surface area contributed by atoms with Crippen molar-refractivity contribution >= 4 is 5.82 Å². The molecule has 0 aromatic carbocycles. The van der Waals surface area contributed by atoms with Crippen LogP contribution in [0.3, 0.4) is 0 Å². The van der Waals surface area contributed by atoms with E-state index in [4.69, 9.17) is 0 Å². The molecule has 1 fully saturated rings. The Morgan fingerprint density at radius 2 is 2.29 bits per heavy atom. The van der Waals surface area contributed by atoms with Gasteiger partial charge < -0.3 is 10.2 Å². The van der Waals surface area contributed by atoms with E-state index < -0.39 is 0 Å². The molecule has 1 aliphatic rings. The van der Waals surface area contributed by atoms with E-state index in [0.717, 1.165) is 18.9 Å². The summed E-state index contributed by atoms with van der Waals surface area (Å²) in [5.74, 6) is 1.10. The molecule has 0 aliphatic carbocycles. The van der Waals surface area contributed by atoms with E-state index in [1.807, 2.05) is 6.20 Å². The molecule has 1 aromatic heterocycles. The molecular weight excluding hydrogens is 210 g/mol. The fraction of sp³-hybridized carbons (Fsp3) is 0.643. The summed E-state index contributed by atoms with van der Waals surface area (Å²) in [5.41, 5.74) is 1.22. The van der Waals surface area contributed by atoms with Crippen molar-refractivity contribution in [3.8, 4) is 0 Å². The van der Waals surface area contributed by atoms with Gasteiger partial charge >= 0.3 is 0 Å². The van der Waals surface area contributed by atoms with Crippen molar-refractivity contribution in [2.24, 2.45) is 0 Å². The Bertz CT molecular complexity index is 339. The minimum absolute atomic E-state index is 0.493. The van der Waals surface area contributed by atoms with Gasteiger partial charge in [0.05, 0.1) is 0 Å². The van der Waals surface area contributed by atoms with Gasteiger partial charge in [-0.15, -0.1) is 0 Å². The van der Waals surface area contributed by atoms with Gasteiger partial charge in [0.2, 0.25) is 0 Å². The first-order valence-electron chi connectivity index (χ1n) is 6.59. The van der Waals surface area contributed by atoms with Gasteiger partial charge in [0, 0.05) is 24.8 Å². The monoisotopic (exact) mass is 233 g/mol. The minimum Gasteiger partial charge on any atom is -0.353 e. The summed E-state index contributed by atoms with van der Waals surface area (Å²) in [5, 5.41) is 3.55. The van der Waals surface area contributed by atoms with E-state index in [9.17, 15) is 0 Å². The second-order valence-electron chi connectivity index (χ2n) is 5.23. The molecule has 1 N–H and O–H groups in total. The molecule has 0 radical (unpaired) electrons. The van der Waals surface area contributed by atoms with Crippen LogP contribution < -0.4 is 10.2 Å². The van der Waals surface area contributed by atoms with Crippen LogP contribution in [0, 0.1) is 6.92 Å². The predicted octanol–water partition coefficient (Wildman–Crippen LogP) is 2.36. The van der Waals surface area contributed by atoms with Crippen molar-refractivity contribution in [2.75, 3.05) is 18.0 Å². The molecule has 17 heavy (non-hydrogen) atoms. The number of pyridine rings is 1. The number of nitrogens with one attached hydrogen (secondary N) is 1. The summed E-state index contributed by atoms with van der Waals surface area (Å²) in [6.07, 6.45) is 4.54. The number of nitrogens with zero attached hydrogens (tertiary/aromatic N) is 2. The summed E-state index contributed by atoms with van der Waals surface area (Å²) in [4.78, 5) is 6.93. The third-order valence-corrected chi connectivity index (χ3v) is 3.39. The van der Waals surface area contributed by atoms with Crippen molar-refractivity contribution < 1.29 is 0 Å². The maximum atomic E-state index is 4.54. The molecule has 2 heterocycles. The first-order chi connectivity index (χ1) is 8.16. The molecule has 0 bridgehead atoms. The van der Waals surface area contributed by atoms with E-state index >= 15 is 0 Å². The Morgan fingerprint density at radius 3 is 2.82 bits per heavy atom. The number of anilines is 1. The van der Waals surface area contributed by atoms with Gasteiger partial charge in [-0.2, -0.15) is 0 Å². The summed E-state index contributed by atoms with van der Waals surface area (Å²) in [6, 6.07) is 5.39. The highest BCUT2D eigenvalue weighted by Gasteiger charge is 2.20. The summed E-state index contributed by atoms with van der Waals surface area (Å²) >= 11 is 0.